The number of hydrogen-bond acceptors (Lipinski definition) is 0. The minimum atomic E-state index is 0.724. The second-order valence-corrected chi connectivity index (χ2v) is 5.38. The van der Waals surface area contributed by atoms with Crippen molar-refractivity contribution >= 4 is 15.9 Å². The van der Waals surface area contributed by atoms with Crippen LogP contribution in [0.15, 0.2) is 0 Å². The molecule has 0 aliphatic heterocycles. The van der Waals surface area contributed by atoms with Crippen LogP contribution in [0, 0.1) is 11.8 Å². The zero-order valence-corrected chi connectivity index (χ0v) is 10.5. The van der Waals surface area contributed by atoms with E-state index in [2.05, 4.69) is 43.6 Å². The second kappa shape index (κ2) is 6.94. The van der Waals surface area contributed by atoms with Gasteiger partial charge in [-0.3, -0.25) is 0 Å². The highest BCUT2D eigenvalue weighted by molar-refractivity contribution is 9.09. The first-order valence-electron chi connectivity index (χ1n) is 5.22. The highest BCUT2D eigenvalue weighted by atomic mass is 79.9. The van der Waals surface area contributed by atoms with E-state index < -0.39 is 0 Å². The first kappa shape index (κ1) is 12.5. The second-order valence-electron chi connectivity index (χ2n) is 4.20. The summed E-state index contributed by atoms with van der Waals surface area (Å²) in [6.45, 7) is 9.18. The van der Waals surface area contributed by atoms with E-state index in [1.54, 1.807) is 0 Å². The molecule has 0 saturated heterocycles. The molecule has 1 heteroatoms. The molecule has 0 aromatic rings. The van der Waals surface area contributed by atoms with Crippen LogP contribution in [-0.2, 0) is 0 Å². The van der Waals surface area contributed by atoms with Crippen molar-refractivity contribution in [2.75, 3.05) is 0 Å². The molecule has 0 bridgehead atoms. The average molecular weight is 235 g/mol. The molecule has 74 valence electrons. The summed E-state index contributed by atoms with van der Waals surface area (Å²) in [6.07, 6.45) is 5.44. The lowest BCUT2D eigenvalue weighted by Crippen LogP contribution is -2.07. The molecule has 12 heavy (non-hydrogen) atoms. The lowest BCUT2D eigenvalue weighted by atomic mass is 9.98. The van der Waals surface area contributed by atoms with E-state index in [-0.39, 0.29) is 0 Å². The van der Waals surface area contributed by atoms with Gasteiger partial charge in [0.2, 0.25) is 0 Å². The van der Waals surface area contributed by atoms with Crippen molar-refractivity contribution in [3.63, 3.8) is 0 Å². The van der Waals surface area contributed by atoms with E-state index in [9.17, 15) is 0 Å². The number of alkyl halides is 1. The van der Waals surface area contributed by atoms with Crippen LogP contribution in [0.4, 0.5) is 0 Å². The number of rotatable bonds is 6. The Morgan fingerprint density at radius 3 is 2.08 bits per heavy atom. The van der Waals surface area contributed by atoms with Crippen LogP contribution in [0.3, 0.4) is 0 Å². The molecule has 0 spiro atoms. The molecule has 0 amide bonds. The molecule has 0 rings (SSSR count). The van der Waals surface area contributed by atoms with Gasteiger partial charge >= 0.3 is 0 Å². The van der Waals surface area contributed by atoms with Crippen molar-refractivity contribution in [1.82, 2.24) is 0 Å². The van der Waals surface area contributed by atoms with Crippen molar-refractivity contribution in [1.29, 1.82) is 0 Å². The van der Waals surface area contributed by atoms with Gasteiger partial charge in [0, 0.05) is 4.83 Å². The van der Waals surface area contributed by atoms with E-state index in [1.807, 2.05) is 0 Å². The van der Waals surface area contributed by atoms with Crippen molar-refractivity contribution < 1.29 is 0 Å². The number of halogens is 1. The van der Waals surface area contributed by atoms with Crippen LogP contribution in [0.25, 0.3) is 0 Å². The average Bonchev–Trinajstić information content (AvgIpc) is 2.03. The molecule has 2 unspecified atom stereocenters. The summed E-state index contributed by atoms with van der Waals surface area (Å²) in [5.74, 6) is 1.69. The molecule has 0 aliphatic carbocycles. The first-order chi connectivity index (χ1) is 5.57. The Hall–Kier alpha value is 0.480. The molecule has 0 nitrogen and oxygen atoms in total. The lowest BCUT2D eigenvalue weighted by molar-refractivity contribution is 0.463. The van der Waals surface area contributed by atoms with Crippen molar-refractivity contribution in [3.05, 3.63) is 0 Å². The van der Waals surface area contributed by atoms with Crippen LogP contribution >= 0.6 is 15.9 Å². The van der Waals surface area contributed by atoms with Crippen LogP contribution in [0.1, 0.15) is 53.4 Å². The molecule has 2 atom stereocenters. The Labute approximate surface area is 86.3 Å². The van der Waals surface area contributed by atoms with Gasteiger partial charge in [-0.1, -0.05) is 62.9 Å². The SMILES string of the molecule is CCC(C)CCCC(Br)C(C)C. The van der Waals surface area contributed by atoms with Crippen molar-refractivity contribution in [3.8, 4) is 0 Å². The Morgan fingerprint density at radius 2 is 1.67 bits per heavy atom. The minimum Gasteiger partial charge on any atom is -0.0888 e. The Morgan fingerprint density at radius 1 is 1.08 bits per heavy atom. The van der Waals surface area contributed by atoms with Crippen molar-refractivity contribution in [2.45, 2.75) is 58.2 Å². The fraction of sp³-hybridized carbons (Fsp3) is 1.00. The van der Waals surface area contributed by atoms with E-state index in [0.29, 0.717) is 0 Å². The topological polar surface area (TPSA) is 0 Å². The molecule has 0 aromatic carbocycles. The van der Waals surface area contributed by atoms with E-state index >= 15 is 0 Å². The molecular weight excluding hydrogens is 212 g/mol. The molecule has 0 aromatic heterocycles. The van der Waals surface area contributed by atoms with Gasteiger partial charge in [0.05, 0.1) is 0 Å². The maximum absolute atomic E-state index is 3.71. The van der Waals surface area contributed by atoms with Gasteiger partial charge in [-0.25, -0.2) is 0 Å². The number of hydrogen-bond donors (Lipinski definition) is 0. The maximum Gasteiger partial charge on any atom is 0.0168 e. The van der Waals surface area contributed by atoms with Gasteiger partial charge in [-0.15, -0.1) is 0 Å². The first-order valence-corrected chi connectivity index (χ1v) is 6.13. The largest absolute Gasteiger partial charge is 0.0888 e. The third-order valence-corrected chi connectivity index (χ3v) is 4.11. The normalized spacial score (nSPS) is 16.5. The van der Waals surface area contributed by atoms with E-state index in [0.717, 1.165) is 16.7 Å². The third kappa shape index (κ3) is 6.05. The summed E-state index contributed by atoms with van der Waals surface area (Å²) >= 11 is 3.71. The summed E-state index contributed by atoms with van der Waals surface area (Å²) in [5.41, 5.74) is 0. The minimum absolute atomic E-state index is 0.724. The molecule has 0 radical (unpaired) electrons. The maximum atomic E-state index is 3.71. The highest BCUT2D eigenvalue weighted by Gasteiger charge is 2.08. The quantitative estimate of drug-likeness (QED) is 0.589. The highest BCUT2D eigenvalue weighted by Crippen LogP contribution is 2.20. The fourth-order valence-electron chi connectivity index (χ4n) is 1.20. The summed E-state index contributed by atoms with van der Waals surface area (Å²) in [7, 11) is 0. The van der Waals surface area contributed by atoms with Gasteiger partial charge in [0.1, 0.15) is 0 Å². The van der Waals surface area contributed by atoms with Crippen molar-refractivity contribution in [2.24, 2.45) is 11.8 Å². The fourth-order valence-corrected chi connectivity index (χ4v) is 1.52. The Kier molecular flexibility index (Phi) is 7.22. The summed E-state index contributed by atoms with van der Waals surface area (Å²) in [4.78, 5) is 0.724. The van der Waals surface area contributed by atoms with Gasteiger partial charge in [0.15, 0.2) is 0 Å². The zero-order valence-electron chi connectivity index (χ0n) is 8.94. The summed E-state index contributed by atoms with van der Waals surface area (Å²) in [6, 6.07) is 0. The van der Waals surface area contributed by atoms with Crippen LogP contribution in [0.2, 0.25) is 0 Å². The predicted molar refractivity (Wildman–Crippen MR) is 60.9 cm³/mol. The predicted octanol–water partition coefficient (Wildman–Crippen LogP) is 4.62. The molecule has 0 N–H and O–H groups in total. The smallest absolute Gasteiger partial charge is 0.0168 e. The Balaban J connectivity index is 3.30. The lowest BCUT2D eigenvalue weighted by Gasteiger charge is -2.14. The molecule has 0 aliphatic rings. The molecular formula is C11H23Br. The Bertz CT molecular complexity index is 99.2. The monoisotopic (exact) mass is 234 g/mol. The molecule has 0 saturated carbocycles. The zero-order chi connectivity index (χ0) is 9.56. The van der Waals surface area contributed by atoms with E-state index in [1.165, 1.54) is 25.7 Å². The van der Waals surface area contributed by atoms with Crippen LogP contribution in [-0.4, -0.2) is 4.83 Å². The van der Waals surface area contributed by atoms with Crippen LogP contribution in [0.5, 0.6) is 0 Å². The molecule has 0 heterocycles. The van der Waals surface area contributed by atoms with Gasteiger partial charge in [0.25, 0.3) is 0 Å². The van der Waals surface area contributed by atoms with Gasteiger partial charge < -0.3 is 0 Å². The van der Waals surface area contributed by atoms with Gasteiger partial charge in [-0.2, -0.15) is 0 Å². The van der Waals surface area contributed by atoms with Crippen LogP contribution < -0.4 is 0 Å². The third-order valence-electron chi connectivity index (χ3n) is 2.60. The van der Waals surface area contributed by atoms with E-state index in [4.69, 9.17) is 0 Å². The summed E-state index contributed by atoms with van der Waals surface area (Å²) in [5, 5.41) is 0. The molecule has 0 fully saturated rings. The summed E-state index contributed by atoms with van der Waals surface area (Å²) < 4.78 is 0. The standard InChI is InChI=1S/C11H23Br/c1-5-10(4)7-6-8-11(12)9(2)3/h9-11H,5-8H2,1-4H3. The van der Waals surface area contributed by atoms with Gasteiger partial charge in [-0.05, 0) is 18.3 Å².